The van der Waals surface area contributed by atoms with E-state index in [-0.39, 0.29) is 13.9 Å². The summed E-state index contributed by atoms with van der Waals surface area (Å²) in [6.45, 7) is 2.25. The van der Waals surface area contributed by atoms with Crippen molar-refractivity contribution in [3.8, 4) is 0 Å². The van der Waals surface area contributed by atoms with E-state index in [0.717, 1.165) is 28.9 Å². The van der Waals surface area contributed by atoms with Gasteiger partial charge in [-0.05, 0) is 38.8 Å². The van der Waals surface area contributed by atoms with Crippen LogP contribution >= 0.6 is 19.7 Å². The molecule has 0 aromatic carbocycles. The lowest BCUT2D eigenvalue weighted by Crippen LogP contribution is -2.46. The van der Waals surface area contributed by atoms with Gasteiger partial charge in [-0.2, -0.15) is 0 Å². The van der Waals surface area contributed by atoms with E-state index >= 15 is 0 Å². The Morgan fingerprint density at radius 2 is 2.33 bits per heavy atom. The van der Waals surface area contributed by atoms with E-state index < -0.39 is 6.17 Å². The van der Waals surface area contributed by atoms with Crippen molar-refractivity contribution in [1.29, 1.82) is 0 Å². The van der Waals surface area contributed by atoms with E-state index in [9.17, 15) is 4.39 Å². The van der Waals surface area contributed by atoms with Crippen LogP contribution in [0.5, 0.6) is 0 Å². The van der Waals surface area contributed by atoms with Gasteiger partial charge in [0, 0.05) is 23.3 Å². The molecule has 1 fully saturated rings. The smallest absolute Gasteiger partial charge is 0.155 e. The van der Waals surface area contributed by atoms with Gasteiger partial charge in [-0.15, -0.1) is 0 Å². The number of fused-ring (bicyclic) bond motifs is 1. The number of aliphatic imine (C=N–C) groups is 1. The van der Waals surface area contributed by atoms with Crippen molar-refractivity contribution in [2.45, 2.75) is 19.5 Å². The average molecular weight is 366 g/mol. The molecule has 0 spiro atoms. The minimum atomic E-state index is -0.522. The fraction of sp³-hybridized carbons (Fsp3) is 0.375. The molecule has 0 bridgehead atoms. The zero-order valence-electron chi connectivity index (χ0n) is 13.2. The van der Waals surface area contributed by atoms with Crippen LogP contribution in [-0.4, -0.2) is 34.3 Å². The van der Waals surface area contributed by atoms with Gasteiger partial charge in [-0.25, -0.2) is 14.4 Å². The highest BCUT2D eigenvalue weighted by Gasteiger charge is 2.28. The van der Waals surface area contributed by atoms with Crippen LogP contribution in [0.25, 0.3) is 11.0 Å². The van der Waals surface area contributed by atoms with Crippen molar-refractivity contribution in [2.75, 3.05) is 12.3 Å². The molecule has 2 aliphatic heterocycles. The van der Waals surface area contributed by atoms with Gasteiger partial charge >= 0.3 is 0 Å². The van der Waals surface area contributed by atoms with Crippen LogP contribution in [-0.2, 0) is 0 Å². The van der Waals surface area contributed by atoms with E-state index in [1.807, 2.05) is 12.3 Å². The quantitative estimate of drug-likeness (QED) is 0.726. The third-order valence-electron chi connectivity index (χ3n) is 4.36. The molecule has 2 aliphatic rings. The van der Waals surface area contributed by atoms with Gasteiger partial charge in [0.25, 0.3) is 0 Å². The molecule has 4 heterocycles. The minimum Gasteiger partial charge on any atom is -0.348 e. The summed E-state index contributed by atoms with van der Waals surface area (Å²) in [6, 6.07) is 1.83. The summed E-state index contributed by atoms with van der Waals surface area (Å²) in [5, 5.41) is 8.03. The first-order valence-corrected chi connectivity index (χ1v) is 10.0. The third kappa shape index (κ3) is 3.06. The summed E-state index contributed by atoms with van der Waals surface area (Å²) in [5.41, 5.74) is 1.57. The summed E-state index contributed by atoms with van der Waals surface area (Å²) in [5.74, 6) is 1.05. The molecule has 4 rings (SSSR count). The van der Waals surface area contributed by atoms with Gasteiger partial charge in [0.15, 0.2) is 5.83 Å². The highest BCUT2D eigenvalue weighted by molar-refractivity contribution is 7.55. The number of aromatic amines is 1. The molecule has 3 atom stereocenters. The molecule has 24 heavy (non-hydrogen) atoms. The summed E-state index contributed by atoms with van der Waals surface area (Å²) < 4.78 is 14.2. The second kappa shape index (κ2) is 6.43. The molecule has 2 aromatic rings. The fourth-order valence-corrected chi connectivity index (χ4v) is 5.91. The maximum Gasteiger partial charge on any atom is 0.155 e. The van der Waals surface area contributed by atoms with Crippen molar-refractivity contribution < 1.29 is 4.39 Å². The van der Waals surface area contributed by atoms with E-state index in [1.54, 1.807) is 6.20 Å². The van der Waals surface area contributed by atoms with Gasteiger partial charge in [0.2, 0.25) is 0 Å². The van der Waals surface area contributed by atoms with Gasteiger partial charge in [-0.1, -0.05) is 18.5 Å². The molecule has 1 saturated heterocycles. The lowest BCUT2D eigenvalue weighted by molar-refractivity contribution is 0.492. The van der Waals surface area contributed by atoms with Gasteiger partial charge in [-0.3, -0.25) is 5.09 Å². The number of pyridine rings is 1. The Bertz CT molecular complexity index is 833. The molecular formula is C16H18ClFN5P. The molecule has 0 aliphatic carbocycles. The van der Waals surface area contributed by atoms with Crippen LogP contribution in [0, 0.1) is 5.92 Å². The van der Waals surface area contributed by atoms with Gasteiger partial charge < -0.3 is 10.3 Å². The van der Waals surface area contributed by atoms with E-state index in [0.29, 0.717) is 16.8 Å². The first-order chi connectivity index (χ1) is 11.6. The lowest BCUT2D eigenvalue weighted by Gasteiger charge is -2.26. The normalized spacial score (nSPS) is 27.0. The Hall–Kier alpha value is -1.49. The summed E-state index contributed by atoms with van der Waals surface area (Å²) in [7, 11) is -0.340. The fourth-order valence-electron chi connectivity index (χ4n) is 3.09. The topological polar surface area (TPSA) is 65.1 Å². The van der Waals surface area contributed by atoms with Crippen LogP contribution in [0.15, 0.2) is 35.5 Å². The maximum absolute atomic E-state index is 14.2. The molecule has 2 aromatic heterocycles. The SMILES string of the molecule is CC1CCP(NC2NC(c3c[nH]c4ncc(Cl)cc34)=NC=C2F)C1. The molecule has 5 nitrogen and oxygen atoms in total. The summed E-state index contributed by atoms with van der Waals surface area (Å²) in [4.78, 5) is 11.6. The molecule has 0 radical (unpaired) electrons. The highest BCUT2D eigenvalue weighted by Crippen LogP contribution is 2.43. The predicted molar refractivity (Wildman–Crippen MR) is 97.3 cm³/mol. The van der Waals surface area contributed by atoms with E-state index in [4.69, 9.17) is 11.6 Å². The predicted octanol–water partition coefficient (Wildman–Crippen LogP) is 3.73. The first kappa shape index (κ1) is 16.0. The summed E-state index contributed by atoms with van der Waals surface area (Å²) >= 11 is 6.05. The zero-order valence-corrected chi connectivity index (χ0v) is 14.8. The van der Waals surface area contributed by atoms with Gasteiger partial charge in [0.1, 0.15) is 17.6 Å². The second-order valence-corrected chi connectivity index (χ2v) is 8.88. The van der Waals surface area contributed by atoms with Crippen LogP contribution in [0.1, 0.15) is 18.9 Å². The molecular weight excluding hydrogens is 348 g/mol. The van der Waals surface area contributed by atoms with Crippen LogP contribution in [0.4, 0.5) is 4.39 Å². The van der Waals surface area contributed by atoms with Crippen molar-refractivity contribution in [2.24, 2.45) is 10.9 Å². The molecule has 0 saturated carbocycles. The molecule has 126 valence electrons. The lowest BCUT2D eigenvalue weighted by atomic mass is 10.2. The van der Waals surface area contributed by atoms with E-state index in [2.05, 4.69) is 32.3 Å². The van der Waals surface area contributed by atoms with Gasteiger partial charge in [0.05, 0.1) is 11.2 Å². The second-order valence-electron chi connectivity index (χ2n) is 6.29. The zero-order chi connectivity index (χ0) is 16.7. The average Bonchev–Trinajstić information content (AvgIpc) is 3.15. The Kier molecular flexibility index (Phi) is 4.29. The Labute approximate surface area is 145 Å². The number of hydrogen-bond acceptors (Lipinski definition) is 4. The van der Waals surface area contributed by atoms with Crippen molar-refractivity contribution in [1.82, 2.24) is 20.4 Å². The van der Waals surface area contributed by atoms with Crippen LogP contribution < -0.4 is 10.4 Å². The molecule has 0 amide bonds. The number of rotatable bonds is 3. The number of amidine groups is 1. The number of nitrogens with zero attached hydrogens (tertiary/aromatic N) is 2. The molecule has 8 heteroatoms. The Balaban J connectivity index is 1.58. The van der Waals surface area contributed by atoms with E-state index in [1.165, 1.54) is 12.6 Å². The number of nitrogens with one attached hydrogen (secondary N) is 3. The highest BCUT2D eigenvalue weighted by atomic mass is 35.5. The monoisotopic (exact) mass is 365 g/mol. The number of hydrogen-bond donors (Lipinski definition) is 3. The number of halogens is 2. The van der Waals surface area contributed by atoms with Crippen LogP contribution in [0.2, 0.25) is 5.02 Å². The molecule has 3 N–H and O–H groups in total. The number of H-pyrrole nitrogens is 1. The Morgan fingerprint density at radius 1 is 1.46 bits per heavy atom. The first-order valence-electron chi connectivity index (χ1n) is 7.94. The summed E-state index contributed by atoms with van der Waals surface area (Å²) in [6.07, 6.45) is 7.66. The number of aromatic nitrogens is 2. The third-order valence-corrected chi connectivity index (χ3v) is 7.05. The van der Waals surface area contributed by atoms with Crippen molar-refractivity contribution >= 4 is 36.5 Å². The molecule has 3 unspecified atom stereocenters. The Morgan fingerprint density at radius 3 is 3.12 bits per heavy atom. The van der Waals surface area contributed by atoms with Crippen molar-refractivity contribution in [3.63, 3.8) is 0 Å². The standard InChI is InChI=1S/C16H18ClFN5P/c1-9-2-3-24(8-9)23-16-13(18)7-21-15(22-16)12-6-20-14-11(12)4-10(17)5-19-14/h4-7,9,16,23H,2-3,8H2,1H3,(H,19,20)(H,21,22). The minimum absolute atomic E-state index is 0.281. The van der Waals surface area contributed by atoms with Crippen LogP contribution in [0.3, 0.4) is 0 Å². The van der Waals surface area contributed by atoms with Crippen molar-refractivity contribution in [3.05, 3.63) is 41.1 Å². The maximum atomic E-state index is 14.2. The largest absolute Gasteiger partial charge is 0.348 e.